The number of likely N-dealkylation sites (tertiary alicyclic amines) is 1. The lowest BCUT2D eigenvalue weighted by molar-refractivity contribution is -0.121. The summed E-state index contributed by atoms with van der Waals surface area (Å²) in [6, 6.07) is 12.4. The molecule has 0 saturated carbocycles. The molecule has 2 aliphatic heterocycles. The maximum absolute atomic E-state index is 13.8. The number of benzene rings is 1. The summed E-state index contributed by atoms with van der Waals surface area (Å²) in [5.41, 5.74) is 2.95. The van der Waals surface area contributed by atoms with Crippen molar-refractivity contribution < 1.29 is 9.59 Å². The summed E-state index contributed by atoms with van der Waals surface area (Å²) in [6.07, 6.45) is 3.83. The largest absolute Gasteiger partial charge is 0.330 e. The number of carbonyl (C=O) groups excluding carboxylic acids is 2. The highest BCUT2D eigenvalue weighted by Gasteiger charge is 2.59. The number of nitrogens with zero attached hydrogens (tertiary/aromatic N) is 3. The van der Waals surface area contributed by atoms with Crippen molar-refractivity contribution >= 4 is 17.5 Å². The molecule has 2 atom stereocenters. The second-order valence-electron chi connectivity index (χ2n) is 8.60. The van der Waals surface area contributed by atoms with E-state index < -0.39 is 11.5 Å². The zero-order chi connectivity index (χ0) is 22.6. The van der Waals surface area contributed by atoms with Crippen molar-refractivity contribution in [1.82, 2.24) is 14.5 Å². The smallest absolute Gasteiger partial charge is 0.263 e. The highest BCUT2D eigenvalue weighted by Crippen LogP contribution is 2.54. The van der Waals surface area contributed by atoms with E-state index in [0.717, 1.165) is 28.1 Å². The van der Waals surface area contributed by atoms with Crippen LogP contribution in [0.15, 0.2) is 59.7 Å². The topological polar surface area (TPSA) is 84.3 Å². The first kappa shape index (κ1) is 20.2. The predicted molar refractivity (Wildman–Crippen MR) is 121 cm³/mol. The van der Waals surface area contributed by atoms with Crippen LogP contribution in [0.2, 0.25) is 0 Å². The molecular formula is C25H24N4O3. The van der Waals surface area contributed by atoms with E-state index in [1.165, 1.54) is 4.57 Å². The molecule has 2 aromatic heterocycles. The van der Waals surface area contributed by atoms with Gasteiger partial charge in [0.15, 0.2) is 0 Å². The number of aryl methyl sites for hydroxylation is 1. The Hall–Kier alpha value is -3.74. The van der Waals surface area contributed by atoms with E-state index in [1.54, 1.807) is 36.5 Å². The van der Waals surface area contributed by atoms with Crippen molar-refractivity contribution in [1.29, 1.82) is 0 Å². The van der Waals surface area contributed by atoms with Gasteiger partial charge in [-0.1, -0.05) is 24.3 Å². The lowest BCUT2D eigenvalue weighted by Gasteiger charge is -2.34. The number of hydrogen-bond acceptors (Lipinski definition) is 4. The molecule has 1 spiro atoms. The Kier molecular flexibility index (Phi) is 4.51. The highest BCUT2D eigenvalue weighted by atomic mass is 16.2. The number of amides is 2. The normalized spacial score (nSPS) is 21.7. The van der Waals surface area contributed by atoms with Crippen molar-refractivity contribution in [3.05, 3.63) is 93.2 Å². The van der Waals surface area contributed by atoms with Gasteiger partial charge < -0.3 is 14.8 Å². The Labute approximate surface area is 185 Å². The molecule has 162 valence electrons. The second kappa shape index (κ2) is 7.15. The quantitative estimate of drug-likeness (QED) is 0.680. The Morgan fingerprint density at radius 1 is 1.16 bits per heavy atom. The van der Waals surface area contributed by atoms with Gasteiger partial charge in [0.05, 0.1) is 6.04 Å². The van der Waals surface area contributed by atoms with Crippen LogP contribution in [0.1, 0.15) is 45.2 Å². The Balaban J connectivity index is 1.69. The molecule has 7 nitrogen and oxygen atoms in total. The SMILES string of the molecule is Cc1cc(C(=O)N2CCC3(C(=O)Nc4ccccc43)C2c2cccnc2)c(=O)n(C)c1C. The van der Waals surface area contributed by atoms with Crippen LogP contribution in [0.4, 0.5) is 5.69 Å². The molecule has 5 rings (SSSR count). The minimum Gasteiger partial charge on any atom is -0.330 e. The maximum atomic E-state index is 13.8. The molecule has 7 heteroatoms. The number of aromatic nitrogens is 2. The monoisotopic (exact) mass is 428 g/mol. The number of carbonyl (C=O) groups is 2. The summed E-state index contributed by atoms with van der Waals surface area (Å²) < 4.78 is 1.51. The lowest BCUT2D eigenvalue weighted by Crippen LogP contribution is -2.44. The van der Waals surface area contributed by atoms with Crippen LogP contribution < -0.4 is 10.9 Å². The molecule has 2 unspecified atom stereocenters. The fourth-order valence-electron chi connectivity index (χ4n) is 5.19. The van der Waals surface area contributed by atoms with Crippen LogP contribution in [0.3, 0.4) is 0 Å². The van der Waals surface area contributed by atoms with Gasteiger partial charge >= 0.3 is 0 Å². The minimum atomic E-state index is -0.930. The summed E-state index contributed by atoms with van der Waals surface area (Å²) in [6.45, 7) is 4.10. The molecule has 2 amide bonds. The van der Waals surface area contributed by atoms with Crippen LogP contribution in [0.5, 0.6) is 0 Å². The van der Waals surface area contributed by atoms with E-state index in [2.05, 4.69) is 10.3 Å². The molecule has 0 radical (unpaired) electrons. The summed E-state index contributed by atoms with van der Waals surface area (Å²) >= 11 is 0. The van der Waals surface area contributed by atoms with E-state index >= 15 is 0 Å². The summed E-state index contributed by atoms with van der Waals surface area (Å²) in [5.74, 6) is -0.493. The molecule has 0 aliphatic carbocycles. The summed E-state index contributed by atoms with van der Waals surface area (Å²) in [5, 5.41) is 3.00. The zero-order valence-corrected chi connectivity index (χ0v) is 18.3. The van der Waals surface area contributed by atoms with Gasteiger partial charge in [-0.3, -0.25) is 19.4 Å². The van der Waals surface area contributed by atoms with Gasteiger partial charge in [0.1, 0.15) is 11.0 Å². The van der Waals surface area contributed by atoms with Crippen LogP contribution in [0, 0.1) is 13.8 Å². The van der Waals surface area contributed by atoms with Crippen LogP contribution in [-0.2, 0) is 17.3 Å². The molecule has 3 aromatic rings. The van der Waals surface area contributed by atoms with E-state index in [0.29, 0.717) is 13.0 Å². The average molecular weight is 428 g/mol. The maximum Gasteiger partial charge on any atom is 0.263 e. The molecule has 1 saturated heterocycles. The van der Waals surface area contributed by atoms with Gasteiger partial charge in [0, 0.05) is 37.4 Å². The Bertz CT molecular complexity index is 1310. The highest BCUT2D eigenvalue weighted by molar-refractivity contribution is 6.08. The number of rotatable bonds is 2. The molecule has 1 aromatic carbocycles. The minimum absolute atomic E-state index is 0.119. The van der Waals surface area contributed by atoms with E-state index in [1.807, 2.05) is 44.2 Å². The number of para-hydroxylation sites is 1. The van der Waals surface area contributed by atoms with Gasteiger partial charge in [-0.25, -0.2) is 0 Å². The van der Waals surface area contributed by atoms with E-state index in [-0.39, 0.29) is 22.9 Å². The first-order valence-corrected chi connectivity index (χ1v) is 10.7. The Morgan fingerprint density at radius 2 is 1.94 bits per heavy atom. The lowest BCUT2D eigenvalue weighted by atomic mass is 9.73. The van der Waals surface area contributed by atoms with Gasteiger partial charge in [-0.2, -0.15) is 0 Å². The van der Waals surface area contributed by atoms with Crippen molar-refractivity contribution in [2.24, 2.45) is 7.05 Å². The van der Waals surface area contributed by atoms with Crippen LogP contribution in [0.25, 0.3) is 0 Å². The first-order chi connectivity index (χ1) is 15.4. The molecule has 4 heterocycles. The molecular weight excluding hydrogens is 404 g/mol. The molecule has 2 aliphatic rings. The van der Waals surface area contributed by atoms with E-state index in [4.69, 9.17) is 0 Å². The number of nitrogens with one attached hydrogen (secondary N) is 1. The standard InChI is InChI=1S/C25H24N4O3/c1-15-13-18(22(30)28(3)16(15)2)23(31)29-12-10-25(21(29)17-7-6-11-26-14-17)19-8-4-5-9-20(19)27-24(25)32/h4-9,11,13-14,21H,10,12H2,1-3H3,(H,27,32). The molecule has 32 heavy (non-hydrogen) atoms. The number of hydrogen-bond donors (Lipinski definition) is 1. The van der Waals surface area contributed by atoms with Gasteiger partial charge in [-0.15, -0.1) is 0 Å². The van der Waals surface area contributed by atoms with Crippen LogP contribution in [-0.4, -0.2) is 32.8 Å². The van der Waals surface area contributed by atoms with E-state index in [9.17, 15) is 14.4 Å². The summed E-state index contributed by atoms with van der Waals surface area (Å²) in [7, 11) is 1.67. The molecule has 1 N–H and O–H groups in total. The third-order valence-electron chi connectivity index (χ3n) is 7.05. The van der Waals surface area contributed by atoms with Gasteiger partial charge in [-0.05, 0) is 55.2 Å². The average Bonchev–Trinajstić information content (AvgIpc) is 3.34. The number of anilines is 1. The fourth-order valence-corrected chi connectivity index (χ4v) is 5.19. The third kappa shape index (κ3) is 2.67. The molecule has 0 bridgehead atoms. The second-order valence-corrected chi connectivity index (χ2v) is 8.60. The van der Waals surface area contributed by atoms with Crippen LogP contribution >= 0.6 is 0 Å². The van der Waals surface area contributed by atoms with Gasteiger partial charge in [0.25, 0.3) is 11.5 Å². The predicted octanol–water partition coefficient (Wildman–Crippen LogP) is 2.87. The number of fused-ring (bicyclic) bond motifs is 2. The van der Waals surface area contributed by atoms with Gasteiger partial charge in [0.2, 0.25) is 5.91 Å². The zero-order valence-electron chi connectivity index (χ0n) is 18.3. The van der Waals surface area contributed by atoms with Crippen molar-refractivity contribution in [2.75, 3.05) is 11.9 Å². The first-order valence-electron chi connectivity index (χ1n) is 10.7. The third-order valence-corrected chi connectivity index (χ3v) is 7.05. The summed E-state index contributed by atoms with van der Waals surface area (Å²) in [4.78, 5) is 46.1. The number of pyridine rings is 2. The molecule has 1 fully saturated rings. The fraction of sp³-hybridized carbons (Fsp3) is 0.280. The van der Waals surface area contributed by atoms with Crippen molar-refractivity contribution in [3.63, 3.8) is 0 Å². The van der Waals surface area contributed by atoms with Crippen molar-refractivity contribution in [3.8, 4) is 0 Å². The Morgan fingerprint density at radius 3 is 2.69 bits per heavy atom. The van der Waals surface area contributed by atoms with Crippen molar-refractivity contribution in [2.45, 2.75) is 31.7 Å².